The van der Waals surface area contributed by atoms with E-state index in [9.17, 15) is 9.18 Å². The largest absolute Gasteiger partial charge is 0.352 e. The maximum Gasteiger partial charge on any atom is 0.224 e. The summed E-state index contributed by atoms with van der Waals surface area (Å²) in [5, 5.41) is 3.07. The molecule has 0 radical (unpaired) electrons. The number of carbonyl (C=O) groups is 1. The molecule has 156 valence electrons. The number of benzene rings is 2. The third-order valence-corrected chi connectivity index (χ3v) is 5.64. The molecule has 4 rings (SSSR count). The molecule has 1 aliphatic rings. The van der Waals surface area contributed by atoms with Gasteiger partial charge in [0.25, 0.3) is 0 Å². The number of halogens is 1. The second-order valence-corrected chi connectivity index (χ2v) is 7.93. The zero-order valence-corrected chi connectivity index (χ0v) is 17.0. The van der Waals surface area contributed by atoms with Crippen molar-refractivity contribution in [2.24, 2.45) is 5.92 Å². The van der Waals surface area contributed by atoms with Crippen molar-refractivity contribution >= 4 is 5.91 Å². The van der Waals surface area contributed by atoms with Crippen molar-refractivity contribution in [1.29, 1.82) is 0 Å². The molecule has 1 atom stereocenters. The summed E-state index contributed by atoms with van der Waals surface area (Å²) in [5.74, 6) is -0.151. The molecule has 1 fully saturated rings. The van der Waals surface area contributed by atoms with E-state index in [1.807, 2.05) is 22.9 Å². The van der Waals surface area contributed by atoms with Crippen LogP contribution < -0.4 is 5.32 Å². The third kappa shape index (κ3) is 5.33. The van der Waals surface area contributed by atoms with Gasteiger partial charge >= 0.3 is 0 Å². The van der Waals surface area contributed by atoms with Crippen LogP contribution in [0.15, 0.2) is 67.3 Å². The van der Waals surface area contributed by atoms with Crippen molar-refractivity contribution in [3.63, 3.8) is 0 Å². The van der Waals surface area contributed by atoms with Crippen LogP contribution in [-0.4, -0.2) is 33.4 Å². The molecule has 0 bridgehead atoms. The minimum absolute atomic E-state index is 0.0500. The Bertz CT molecular complexity index is 956. The summed E-state index contributed by atoms with van der Waals surface area (Å²) in [4.78, 5) is 18.9. The quantitative estimate of drug-likeness (QED) is 0.652. The molecular weight excluding hydrogens is 379 g/mol. The molecule has 0 spiro atoms. The van der Waals surface area contributed by atoms with E-state index in [2.05, 4.69) is 39.5 Å². The third-order valence-electron chi connectivity index (χ3n) is 5.64. The van der Waals surface area contributed by atoms with Crippen LogP contribution in [0.2, 0.25) is 0 Å². The fourth-order valence-electron chi connectivity index (χ4n) is 3.97. The number of amides is 1. The lowest BCUT2D eigenvalue weighted by Crippen LogP contribution is -2.42. The zero-order chi connectivity index (χ0) is 20.8. The van der Waals surface area contributed by atoms with E-state index in [-0.39, 0.29) is 17.6 Å². The van der Waals surface area contributed by atoms with Crippen molar-refractivity contribution in [2.75, 3.05) is 13.1 Å². The number of hydrogen-bond donors (Lipinski definition) is 1. The molecule has 1 saturated heterocycles. The van der Waals surface area contributed by atoms with Crippen molar-refractivity contribution in [3.8, 4) is 0 Å². The van der Waals surface area contributed by atoms with E-state index in [1.165, 1.54) is 11.6 Å². The summed E-state index contributed by atoms with van der Waals surface area (Å²) in [5.41, 5.74) is 2.96. The Morgan fingerprint density at radius 3 is 2.67 bits per heavy atom. The van der Waals surface area contributed by atoms with E-state index in [1.54, 1.807) is 18.6 Å². The molecule has 3 aromatic rings. The molecule has 30 heavy (non-hydrogen) atoms. The van der Waals surface area contributed by atoms with Gasteiger partial charge in [0.1, 0.15) is 5.82 Å². The summed E-state index contributed by atoms with van der Waals surface area (Å²) in [6, 6.07) is 15.1. The maximum absolute atomic E-state index is 13.9. The van der Waals surface area contributed by atoms with Crippen LogP contribution in [-0.2, 0) is 24.4 Å². The lowest BCUT2D eigenvalue weighted by atomic mass is 9.96. The number of imidazole rings is 1. The lowest BCUT2D eigenvalue weighted by molar-refractivity contribution is -0.126. The molecule has 0 saturated carbocycles. The minimum atomic E-state index is -0.180. The van der Waals surface area contributed by atoms with Crippen LogP contribution in [0.5, 0.6) is 0 Å². The summed E-state index contributed by atoms with van der Waals surface area (Å²) in [6.07, 6.45) is 7.34. The second-order valence-electron chi connectivity index (χ2n) is 7.93. The molecule has 1 aliphatic heterocycles. The van der Waals surface area contributed by atoms with Gasteiger partial charge in [0.2, 0.25) is 5.91 Å². The van der Waals surface area contributed by atoms with E-state index in [4.69, 9.17) is 0 Å². The van der Waals surface area contributed by atoms with Gasteiger partial charge in [-0.3, -0.25) is 9.69 Å². The predicted molar refractivity (Wildman–Crippen MR) is 114 cm³/mol. The lowest BCUT2D eigenvalue weighted by Gasteiger charge is -2.32. The van der Waals surface area contributed by atoms with E-state index in [0.29, 0.717) is 25.2 Å². The van der Waals surface area contributed by atoms with Gasteiger partial charge < -0.3 is 9.88 Å². The van der Waals surface area contributed by atoms with Crippen LogP contribution in [0.4, 0.5) is 4.39 Å². The number of hydrogen-bond acceptors (Lipinski definition) is 3. The number of nitrogens with one attached hydrogen (secondary N) is 1. The zero-order valence-electron chi connectivity index (χ0n) is 17.0. The Balaban J connectivity index is 1.26. The van der Waals surface area contributed by atoms with Gasteiger partial charge in [-0.15, -0.1) is 0 Å². The number of rotatable bonds is 7. The summed E-state index contributed by atoms with van der Waals surface area (Å²) >= 11 is 0. The number of aromatic nitrogens is 2. The highest BCUT2D eigenvalue weighted by molar-refractivity contribution is 5.79. The van der Waals surface area contributed by atoms with Crippen molar-refractivity contribution in [2.45, 2.75) is 32.5 Å². The molecule has 5 nitrogen and oxygen atoms in total. The smallest absolute Gasteiger partial charge is 0.224 e. The Kier molecular flexibility index (Phi) is 6.54. The van der Waals surface area contributed by atoms with Crippen molar-refractivity contribution in [1.82, 2.24) is 19.8 Å². The standard InChI is InChI=1S/C24H27FN4O/c25-23-6-2-1-4-21(23)16-28-12-3-5-22(17-28)24(30)27-14-19-7-9-20(10-8-19)15-29-13-11-26-18-29/h1-2,4,6-11,13,18,22H,3,5,12,14-17H2,(H,27,30). The van der Waals surface area contributed by atoms with Gasteiger partial charge in [-0.1, -0.05) is 42.5 Å². The van der Waals surface area contributed by atoms with Crippen molar-refractivity contribution < 1.29 is 9.18 Å². The topological polar surface area (TPSA) is 50.2 Å². The monoisotopic (exact) mass is 406 g/mol. The average molecular weight is 407 g/mol. The molecule has 1 unspecified atom stereocenters. The molecule has 0 aliphatic carbocycles. The van der Waals surface area contributed by atoms with Gasteiger partial charge in [0.15, 0.2) is 0 Å². The fourth-order valence-corrected chi connectivity index (χ4v) is 3.97. The van der Waals surface area contributed by atoms with Gasteiger partial charge in [-0.2, -0.15) is 0 Å². The number of piperidine rings is 1. The maximum atomic E-state index is 13.9. The Hall–Kier alpha value is -2.99. The van der Waals surface area contributed by atoms with E-state index >= 15 is 0 Å². The van der Waals surface area contributed by atoms with Crippen LogP contribution in [0.3, 0.4) is 0 Å². The van der Waals surface area contributed by atoms with Gasteiger partial charge in [-0.25, -0.2) is 9.37 Å². The first-order valence-corrected chi connectivity index (χ1v) is 10.4. The predicted octanol–water partition coefficient (Wildman–Crippen LogP) is 3.60. The van der Waals surface area contributed by atoms with Crippen LogP contribution in [0.25, 0.3) is 0 Å². The molecular formula is C24H27FN4O. The molecule has 2 aromatic carbocycles. The second kappa shape index (κ2) is 9.67. The van der Waals surface area contributed by atoms with Crippen LogP contribution in [0, 0.1) is 11.7 Å². The van der Waals surface area contributed by atoms with E-state index < -0.39 is 0 Å². The number of nitrogens with zero attached hydrogens (tertiary/aromatic N) is 3. The van der Waals surface area contributed by atoms with E-state index in [0.717, 1.165) is 31.5 Å². The summed E-state index contributed by atoms with van der Waals surface area (Å²) < 4.78 is 16.0. The SMILES string of the molecule is O=C(NCc1ccc(Cn2ccnc2)cc1)C1CCCN(Cc2ccccc2F)C1. The summed E-state index contributed by atoms with van der Waals surface area (Å²) in [6.45, 7) is 3.43. The van der Waals surface area contributed by atoms with Crippen LogP contribution >= 0.6 is 0 Å². The highest BCUT2D eigenvalue weighted by Gasteiger charge is 2.26. The molecule has 2 heterocycles. The Morgan fingerprint density at radius 2 is 1.90 bits per heavy atom. The van der Waals surface area contributed by atoms with Crippen molar-refractivity contribution in [3.05, 3.63) is 89.8 Å². The Morgan fingerprint density at radius 1 is 1.10 bits per heavy atom. The molecule has 6 heteroatoms. The average Bonchev–Trinajstić information content (AvgIpc) is 3.28. The number of carbonyl (C=O) groups excluding carboxylic acids is 1. The summed E-state index contributed by atoms with van der Waals surface area (Å²) in [7, 11) is 0. The molecule has 1 aromatic heterocycles. The first kappa shape index (κ1) is 20.3. The van der Waals surface area contributed by atoms with Gasteiger partial charge in [-0.05, 0) is 36.6 Å². The fraction of sp³-hybridized carbons (Fsp3) is 0.333. The minimum Gasteiger partial charge on any atom is -0.352 e. The highest BCUT2D eigenvalue weighted by Crippen LogP contribution is 2.20. The first-order chi connectivity index (χ1) is 14.7. The normalized spacial score (nSPS) is 17.0. The first-order valence-electron chi connectivity index (χ1n) is 10.4. The molecule has 1 amide bonds. The highest BCUT2D eigenvalue weighted by atomic mass is 19.1. The molecule has 1 N–H and O–H groups in total. The number of likely N-dealkylation sites (tertiary alicyclic amines) is 1. The van der Waals surface area contributed by atoms with Crippen LogP contribution in [0.1, 0.15) is 29.5 Å². The van der Waals surface area contributed by atoms with Gasteiger partial charge in [0.05, 0.1) is 12.2 Å². The Labute approximate surface area is 176 Å². The van der Waals surface area contributed by atoms with Gasteiger partial charge in [0, 0.05) is 44.1 Å².